The fourth-order valence-corrected chi connectivity index (χ4v) is 1.50. The van der Waals surface area contributed by atoms with Crippen molar-refractivity contribution in [2.45, 2.75) is 0 Å². The Morgan fingerprint density at radius 1 is 1.50 bits per heavy atom. The van der Waals surface area contributed by atoms with E-state index in [-0.39, 0.29) is 0 Å². The summed E-state index contributed by atoms with van der Waals surface area (Å²) in [6.07, 6.45) is 4.72. The van der Waals surface area contributed by atoms with E-state index in [1.165, 1.54) is 6.33 Å². The van der Waals surface area contributed by atoms with Crippen molar-refractivity contribution in [3.8, 4) is 11.5 Å². The minimum atomic E-state index is 0.364. The molecular formula is C11H10ClN3O. The van der Waals surface area contributed by atoms with E-state index >= 15 is 0 Å². The Balaban J connectivity index is 2.44. The van der Waals surface area contributed by atoms with Crippen molar-refractivity contribution >= 4 is 17.3 Å². The molecule has 0 amide bonds. The van der Waals surface area contributed by atoms with Gasteiger partial charge in [-0.05, 0) is 12.1 Å². The van der Waals surface area contributed by atoms with E-state index in [1.807, 2.05) is 6.07 Å². The Hall–Kier alpha value is -1.81. The Bertz CT molecular complexity index is 482. The smallest absolute Gasteiger partial charge is 0.156 e. The third-order valence-electron chi connectivity index (χ3n) is 1.98. The molecule has 0 unspecified atom stereocenters. The molecule has 0 aliphatic rings. The van der Waals surface area contributed by atoms with E-state index in [4.69, 9.17) is 16.0 Å². The predicted molar refractivity (Wildman–Crippen MR) is 63.4 cm³/mol. The maximum atomic E-state index is 5.99. The standard InChI is InChI=1S/C11H10ClN3O/c1-2-5-13-10-9(8-4-3-6-16-8)14-7-15-11(10)12/h2-4,6-7,13H,1,5H2. The van der Waals surface area contributed by atoms with E-state index < -0.39 is 0 Å². The first kappa shape index (κ1) is 10.7. The molecule has 0 atom stereocenters. The van der Waals surface area contributed by atoms with Crippen LogP contribution in [0.1, 0.15) is 0 Å². The normalized spacial score (nSPS) is 10.1. The van der Waals surface area contributed by atoms with Crippen LogP contribution in [0.2, 0.25) is 5.15 Å². The first-order valence-electron chi connectivity index (χ1n) is 4.72. The van der Waals surface area contributed by atoms with Gasteiger partial charge in [0.05, 0.1) is 6.26 Å². The number of aromatic nitrogens is 2. The van der Waals surface area contributed by atoms with Crippen LogP contribution in [0.5, 0.6) is 0 Å². The molecule has 16 heavy (non-hydrogen) atoms. The van der Waals surface area contributed by atoms with Crippen LogP contribution in [-0.4, -0.2) is 16.5 Å². The fraction of sp³-hybridized carbons (Fsp3) is 0.0909. The molecule has 2 aromatic rings. The van der Waals surface area contributed by atoms with Crippen molar-refractivity contribution in [1.29, 1.82) is 0 Å². The van der Waals surface area contributed by atoms with E-state index in [9.17, 15) is 0 Å². The van der Waals surface area contributed by atoms with Crippen LogP contribution in [-0.2, 0) is 0 Å². The van der Waals surface area contributed by atoms with Crippen molar-refractivity contribution in [1.82, 2.24) is 9.97 Å². The minimum absolute atomic E-state index is 0.364. The average molecular weight is 236 g/mol. The molecule has 0 spiro atoms. The number of furan rings is 1. The highest BCUT2D eigenvalue weighted by molar-refractivity contribution is 6.32. The molecule has 5 heteroatoms. The molecule has 0 saturated heterocycles. The van der Waals surface area contributed by atoms with Gasteiger partial charge in [0.25, 0.3) is 0 Å². The average Bonchev–Trinajstić information content (AvgIpc) is 2.80. The highest BCUT2D eigenvalue weighted by atomic mass is 35.5. The summed E-state index contributed by atoms with van der Waals surface area (Å²) >= 11 is 5.99. The summed E-state index contributed by atoms with van der Waals surface area (Å²) in [6, 6.07) is 3.61. The summed E-state index contributed by atoms with van der Waals surface area (Å²) in [4.78, 5) is 8.07. The van der Waals surface area contributed by atoms with Crippen molar-refractivity contribution in [3.63, 3.8) is 0 Å². The maximum Gasteiger partial charge on any atom is 0.156 e. The lowest BCUT2D eigenvalue weighted by Gasteiger charge is -2.08. The van der Waals surface area contributed by atoms with Crippen LogP contribution < -0.4 is 5.32 Å². The van der Waals surface area contributed by atoms with Crippen LogP contribution in [0.4, 0.5) is 5.69 Å². The number of halogens is 1. The largest absolute Gasteiger partial charge is 0.463 e. The molecule has 4 nitrogen and oxygen atoms in total. The molecule has 2 rings (SSSR count). The molecule has 0 radical (unpaired) electrons. The molecule has 0 fully saturated rings. The second-order valence-electron chi connectivity index (χ2n) is 3.03. The van der Waals surface area contributed by atoms with Crippen LogP contribution in [0.25, 0.3) is 11.5 Å². The molecular weight excluding hydrogens is 226 g/mol. The summed E-state index contributed by atoms with van der Waals surface area (Å²) < 4.78 is 5.28. The van der Waals surface area contributed by atoms with Gasteiger partial charge in [0.2, 0.25) is 0 Å². The lowest BCUT2D eigenvalue weighted by molar-refractivity contribution is 0.580. The minimum Gasteiger partial charge on any atom is -0.463 e. The maximum absolute atomic E-state index is 5.99. The first-order chi connectivity index (χ1) is 7.83. The quantitative estimate of drug-likeness (QED) is 0.654. The van der Waals surface area contributed by atoms with Gasteiger partial charge in [-0.25, -0.2) is 9.97 Å². The Morgan fingerprint density at radius 2 is 2.38 bits per heavy atom. The lowest BCUT2D eigenvalue weighted by Crippen LogP contribution is -2.02. The number of hydrogen-bond acceptors (Lipinski definition) is 4. The Morgan fingerprint density at radius 3 is 3.06 bits per heavy atom. The van der Waals surface area contributed by atoms with E-state index in [2.05, 4.69) is 21.9 Å². The molecule has 0 bridgehead atoms. The van der Waals surface area contributed by atoms with Crippen LogP contribution in [0, 0.1) is 0 Å². The van der Waals surface area contributed by atoms with E-state index in [0.29, 0.717) is 28.8 Å². The fourth-order valence-electron chi connectivity index (χ4n) is 1.30. The van der Waals surface area contributed by atoms with Crippen LogP contribution in [0.15, 0.2) is 41.8 Å². The summed E-state index contributed by atoms with van der Waals surface area (Å²) in [5.74, 6) is 0.649. The number of nitrogens with zero attached hydrogens (tertiary/aromatic N) is 2. The van der Waals surface area contributed by atoms with Gasteiger partial charge in [-0.2, -0.15) is 0 Å². The topological polar surface area (TPSA) is 51.0 Å². The predicted octanol–water partition coefficient (Wildman–Crippen LogP) is 2.99. The summed E-state index contributed by atoms with van der Waals surface area (Å²) in [6.45, 7) is 4.21. The number of nitrogens with one attached hydrogen (secondary N) is 1. The van der Waals surface area contributed by atoms with Gasteiger partial charge in [-0.1, -0.05) is 17.7 Å². The molecule has 0 aliphatic carbocycles. The highest BCUT2D eigenvalue weighted by Crippen LogP contribution is 2.30. The van der Waals surface area contributed by atoms with Crippen molar-refractivity contribution < 1.29 is 4.42 Å². The van der Waals surface area contributed by atoms with Gasteiger partial charge in [0.15, 0.2) is 10.9 Å². The Kier molecular flexibility index (Phi) is 3.22. The van der Waals surface area contributed by atoms with Crippen molar-refractivity contribution in [2.24, 2.45) is 0 Å². The number of anilines is 1. The zero-order valence-electron chi connectivity index (χ0n) is 8.48. The molecule has 1 N–H and O–H groups in total. The second-order valence-corrected chi connectivity index (χ2v) is 3.39. The molecule has 0 aliphatic heterocycles. The summed E-state index contributed by atoms with van der Waals surface area (Å²) in [7, 11) is 0. The molecule has 2 heterocycles. The van der Waals surface area contributed by atoms with Gasteiger partial charge in [-0.3, -0.25) is 0 Å². The van der Waals surface area contributed by atoms with Crippen molar-refractivity contribution in [3.05, 3.63) is 42.5 Å². The third kappa shape index (κ3) is 2.06. The zero-order chi connectivity index (χ0) is 11.4. The number of hydrogen-bond donors (Lipinski definition) is 1. The SMILES string of the molecule is C=CCNc1c(Cl)ncnc1-c1ccco1. The summed E-state index contributed by atoms with van der Waals surface area (Å²) in [5.41, 5.74) is 1.30. The van der Waals surface area contributed by atoms with E-state index in [0.717, 1.165) is 0 Å². The first-order valence-corrected chi connectivity index (χ1v) is 5.10. The molecule has 2 aromatic heterocycles. The van der Waals surface area contributed by atoms with Crippen LogP contribution >= 0.6 is 11.6 Å². The van der Waals surface area contributed by atoms with Gasteiger partial charge >= 0.3 is 0 Å². The number of rotatable bonds is 4. The van der Waals surface area contributed by atoms with Gasteiger partial charge in [-0.15, -0.1) is 6.58 Å². The van der Waals surface area contributed by atoms with E-state index in [1.54, 1.807) is 18.4 Å². The Labute approximate surface area is 98.0 Å². The molecule has 0 aromatic carbocycles. The second kappa shape index (κ2) is 4.81. The molecule has 0 saturated carbocycles. The monoisotopic (exact) mass is 235 g/mol. The molecule has 82 valence electrons. The van der Waals surface area contributed by atoms with Crippen molar-refractivity contribution in [2.75, 3.05) is 11.9 Å². The van der Waals surface area contributed by atoms with Crippen LogP contribution in [0.3, 0.4) is 0 Å². The van der Waals surface area contributed by atoms with Gasteiger partial charge in [0.1, 0.15) is 17.7 Å². The zero-order valence-corrected chi connectivity index (χ0v) is 9.24. The van der Waals surface area contributed by atoms with Gasteiger partial charge in [0, 0.05) is 6.54 Å². The third-order valence-corrected chi connectivity index (χ3v) is 2.27. The van der Waals surface area contributed by atoms with Gasteiger partial charge < -0.3 is 9.73 Å². The summed E-state index contributed by atoms with van der Waals surface area (Å²) in [5, 5.41) is 3.45. The lowest BCUT2D eigenvalue weighted by atomic mass is 10.2. The highest BCUT2D eigenvalue weighted by Gasteiger charge is 2.12.